The highest BCUT2D eigenvalue weighted by atomic mass is 35.5. The van der Waals surface area contributed by atoms with E-state index in [4.69, 9.17) is 21.6 Å². The van der Waals surface area contributed by atoms with Gasteiger partial charge in [-0.05, 0) is 44.9 Å². The van der Waals surface area contributed by atoms with E-state index in [-0.39, 0.29) is 5.60 Å². The fraction of sp³-hybridized carbons (Fsp3) is 0.500. The third-order valence-electron chi connectivity index (χ3n) is 3.15. The average molecular weight is 265 g/mol. The van der Waals surface area contributed by atoms with Crippen molar-refractivity contribution in [1.82, 2.24) is 0 Å². The molecule has 1 fully saturated rings. The molecule has 18 heavy (non-hydrogen) atoms. The van der Waals surface area contributed by atoms with Crippen molar-refractivity contribution < 1.29 is 4.74 Å². The van der Waals surface area contributed by atoms with E-state index in [2.05, 4.69) is 25.2 Å². The summed E-state index contributed by atoms with van der Waals surface area (Å²) in [6, 6.07) is 7.74. The highest BCUT2D eigenvalue weighted by molar-refractivity contribution is 6.33. The molecule has 1 aliphatic rings. The van der Waals surface area contributed by atoms with Crippen molar-refractivity contribution in [2.45, 2.75) is 38.3 Å². The zero-order valence-corrected chi connectivity index (χ0v) is 11.4. The van der Waals surface area contributed by atoms with Crippen molar-refractivity contribution in [1.29, 1.82) is 5.26 Å². The van der Waals surface area contributed by atoms with Gasteiger partial charge in [-0.25, -0.2) is 0 Å². The largest absolute Gasteiger partial charge is 0.381 e. The lowest BCUT2D eigenvalue weighted by Crippen LogP contribution is -2.40. The minimum absolute atomic E-state index is 0.102. The Hall–Kier alpha value is -1.24. The number of anilines is 1. The second-order valence-corrected chi connectivity index (χ2v) is 5.66. The third kappa shape index (κ3) is 3.16. The summed E-state index contributed by atoms with van der Waals surface area (Å²) in [4.78, 5) is 0. The summed E-state index contributed by atoms with van der Waals surface area (Å²) in [5, 5.41) is 13.0. The van der Waals surface area contributed by atoms with Crippen LogP contribution in [0.25, 0.3) is 0 Å². The smallest absolute Gasteiger partial charge is 0.0992 e. The van der Waals surface area contributed by atoms with Gasteiger partial charge in [0.15, 0.2) is 0 Å². The average Bonchev–Trinajstić information content (AvgIpc) is 2.31. The Kier molecular flexibility index (Phi) is 3.79. The van der Waals surface area contributed by atoms with Gasteiger partial charge in [-0.2, -0.15) is 5.26 Å². The molecule has 4 heteroatoms. The summed E-state index contributed by atoms with van der Waals surface area (Å²) in [7, 11) is 0. The van der Waals surface area contributed by atoms with E-state index in [0.717, 1.165) is 25.1 Å². The van der Waals surface area contributed by atoms with Gasteiger partial charge in [-0.1, -0.05) is 11.6 Å². The lowest BCUT2D eigenvalue weighted by atomic mass is 9.94. The van der Waals surface area contributed by atoms with Crippen LogP contribution in [0.3, 0.4) is 0 Å². The summed E-state index contributed by atoms with van der Waals surface area (Å²) in [5.41, 5.74) is 1.35. The SMILES string of the molecule is CC1(C)CC(Nc2cc(C#N)ccc2Cl)CCO1. The first-order valence-electron chi connectivity index (χ1n) is 6.10. The van der Waals surface area contributed by atoms with Crippen LogP contribution in [0.15, 0.2) is 18.2 Å². The van der Waals surface area contributed by atoms with Crippen LogP contribution in [0, 0.1) is 11.3 Å². The molecule has 0 aromatic heterocycles. The van der Waals surface area contributed by atoms with Crippen molar-refractivity contribution in [3.8, 4) is 6.07 Å². The first-order chi connectivity index (χ1) is 8.50. The quantitative estimate of drug-likeness (QED) is 0.888. The molecule has 1 atom stereocenters. The van der Waals surface area contributed by atoms with Crippen LogP contribution in [-0.4, -0.2) is 18.2 Å². The second kappa shape index (κ2) is 5.17. The number of nitriles is 1. The van der Waals surface area contributed by atoms with E-state index < -0.39 is 0 Å². The van der Waals surface area contributed by atoms with Crippen LogP contribution in [0.5, 0.6) is 0 Å². The molecule has 0 spiro atoms. The van der Waals surface area contributed by atoms with E-state index in [1.165, 1.54) is 0 Å². The summed E-state index contributed by atoms with van der Waals surface area (Å²) in [6.07, 6.45) is 1.89. The van der Waals surface area contributed by atoms with Crippen LogP contribution in [0.2, 0.25) is 5.02 Å². The number of hydrogen-bond acceptors (Lipinski definition) is 3. The lowest BCUT2D eigenvalue weighted by Gasteiger charge is -2.36. The number of rotatable bonds is 2. The summed E-state index contributed by atoms with van der Waals surface area (Å²) >= 11 is 6.14. The van der Waals surface area contributed by atoms with E-state index in [1.54, 1.807) is 18.2 Å². The Labute approximate surface area is 113 Å². The van der Waals surface area contributed by atoms with Gasteiger partial charge in [0.2, 0.25) is 0 Å². The zero-order valence-electron chi connectivity index (χ0n) is 10.7. The molecule has 0 saturated carbocycles. The van der Waals surface area contributed by atoms with Gasteiger partial charge in [0.05, 0.1) is 27.9 Å². The van der Waals surface area contributed by atoms with Gasteiger partial charge in [0.1, 0.15) is 0 Å². The summed E-state index contributed by atoms with van der Waals surface area (Å²) < 4.78 is 5.68. The second-order valence-electron chi connectivity index (χ2n) is 5.25. The molecule has 96 valence electrons. The number of benzene rings is 1. The monoisotopic (exact) mass is 264 g/mol. The molecule has 0 bridgehead atoms. The Morgan fingerprint density at radius 2 is 2.28 bits per heavy atom. The Morgan fingerprint density at radius 1 is 1.50 bits per heavy atom. The molecular weight excluding hydrogens is 248 g/mol. The van der Waals surface area contributed by atoms with Crippen LogP contribution in [0.1, 0.15) is 32.3 Å². The Balaban J connectivity index is 2.12. The van der Waals surface area contributed by atoms with E-state index >= 15 is 0 Å². The molecule has 1 unspecified atom stereocenters. The van der Waals surface area contributed by atoms with Gasteiger partial charge in [-0.15, -0.1) is 0 Å². The highest BCUT2D eigenvalue weighted by Crippen LogP contribution is 2.29. The molecule has 1 heterocycles. The molecule has 0 radical (unpaired) electrons. The highest BCUT2D eigenvalue weighted by Gasteiger charge is 2.28. The standard InChI is InChI=1S/C14H17ClN2O/c1-14(2)8-11(5-6-18-14)17-13-7-10(9-16)3-4-12(13)15/h3-4,7,11,17H,5-6,8H2,1-2H3. The maximum absolute atomic E-state index is 8.90. The third-order valence-corrected chi connectivity index (χ3v) is 3.48. The number of hydrogen-bond donors (Lipinski definition) is 1. The van der Waals surface area contributed by atoms with Crippen molar-refractivity contribution >= 4 is 17.3 Å². The molecule has 1 aliphatic heterocycles. The predicted molar refractivity (Wildman–Crippen MR) is 72.8 cm³/mol. The van der Waals surface area contributed by atoms with Crippen LogP contribution < -0.4 is 5.32 Å². The molecule has 1 aromatic carbocycles. The van der Waals surface area contributed by atoms with Gasteiger partial charge in [0, 0.05) is 12.6 Å². The molecule has 1 N–H and O–H groups in total. The van der Waals surface area contributed by atoms with Gasteiger partial charge < -0.3 is 10.1 Å². The van der Waals surface area contributed by atoms with Crippen LogP contribution in [0.4, 0.5) is 5.69 Å². The number of halogens is 1. The van der Waals surface area contributed by atoms with Crippen molar-refractivity contribution in [2.24, 2.45) is 0 Å². The zero-order chi connectivity index (χ0) is 13.2. The van der Waals surface area contributed by atoms with Gasteiger partial charge >= 0.3 is 0 Å². The molecule has 1 saturated heterocycles. The first kappa shape index (κ1) is 13.2. The minimum Gasteiger partial charge on any atom is -0.381 e. The van der Waals surface area contributed by atoms with E-state index in [1.807, 2.05) is 0 Å². The predicted octanol–water partition coefficient (Wildman–Crippen LogP) is 3.58. The fourth-order valence-electron chi connectivity index (χ4n) is 2.28. The van der Waals surface area contributed by atoms with Crippen LogP contribution >= 0.6 is 11.6 Å². The van der Waals surface area contributed by atoms with Crippen molar-refractivity contribution in [3.63, 3.8) is 0 Å². The molecule has 1 aromatic rings. The fourth-order valence-corrected chi connectivity index (χ4v) is 2.45. The minimum atomic E-state index is -0.102. The molecule has 3 nitrogen and oxygen atoms in total. The number of nitrogens with one attached hydrogen (secondary N) is 1. The topological polar surface area (TPSA) is 45.0 Å². The maximum atomic E-state index is 8.90. The van der Waals surface area contributed by atoms with Crippen LogP contribution in [-0.2, 0) is 4.74 Å². The maximum Gasteiger partial charge on any atom is 0.0992 e. The summed E-state index contributed by atoms with van der Waals surface area (Å²) in [6.45, 7) is 4.93. The van der Waals surface area contributed by atoms with E-state index in [9.17, 15) is 0 Å². The normalized spacial score (nSPS) is 22.2. The number of ether oxygens (including phenoxy) is 1. The molecule has 0 amide bonds. The Bertz CT molecular complexity index is 479. The first-order valence-corrected chi connectivity index (χ1v) is 6.48. The Morgan fingerprint density at radius 3 is 2.94 bits per heavy atom. The van der Waals surface area contributed by atoms with E-state index in [0.29, 0.717) is 16.6 Å². The summed E-state index contributed by atoms with van der Waals surface area (Å²) in [5.74, 6) is 0. The molecule has 0 aliphatic carbocycles. The van der Waals surface area contributed by atoms with Crippen molar-refractivity contribution in [3.05, 3.63) is 28.8 Å². The van der Waals surface area contributed by atoms with Crippen molar-refractivity contribution in [2.75, 3.05) is 11.9 Å². The molecule has 2 rings (SSSR count). The van der Waals surface area contributed by atoms with Gasteiger partial charge in [0.25, 0.3) is 0 Å². The number of nitrogens with zero attached hydrogens (tertiary/aromatic N) is 1. The van der Waals surface area contributed by atoms with Gasteiger partial charge in [-0.3, -0.25) is 0 Å². The lowest BCUT2D eigenvalue weighted by molar-refractivity contribution is -0.0553. The molecular formula is C14H17ClN2O.